The third-order valence-corrected chi connectivity index (χ3v) is 6.17. The first-order valence-electron chi connectivity index (χ1n) is 11.1. The molecule has 0 aliphatic carbocycles. The SMILES string of the molecule is Cc1ccccc1-n1c(=O)n(CC2CCCO2)c(=O)c2c1ncn2Cc1ccc([N+](=O)[O-])cc1. The van der Waals surface area contributed by atoms with Crippen LogP contribution in [0.4, 0.5) is 5.69 Å². The number of aryl methyl sites for hydroxylation is 1. The van der Waals surface area contributed by atoms with E-state index in [4.69, 9.17) is 4.74 Å². The van der Waals surface area contributed by atoms with Gasteiger partial charge in [-0.05, 0) is 37.0 Å². The second-order valence-electron chi connectivity index (χ2n) is 8.42. The molecule has 0 amide bonds. The lowest BCUT2D eigenvalue weighted by Crippen LogP contribution is -2.42. The number of nitro groups is 1. The Bertz CT molecular complexity index is 1490. The minimum Gasteiger partial charge on any atom is -0.376 e. The van der Waals surface area contributed by atoms with Gasteiger partial charge in [-0.2, -0.15) is 0 Å². The lowest BCUT2D eigenvalue weighted by atomic mass is 10.2. The van der Waals surface area contributed by atoms with E-state index in [1.165, 1.54) is 27.6 Å². The van der Waals surface area contributed by atoms with Crippen LogP contribution in [0.25, 0.3) is 16.9 Å². The van der Waals surface area contributed by atoms with Crippen molar-refractivity contribution < 1.29 is 9.66 Å². The number of imidazole rings is 1. The van der Waals surface area contributed by atoms with Crippen molar-refractivity contribution in [1.29, 1.82) is 0 Å². The van der Waals surface area contributed by atoms with E-state index in [0.717, 1.165) is 24.0 Å². The Kier molecular flexibility index (Phi) is 5.58. The monoisotopic (exact) mass is 461 g/mol. The number of ether oxygens (including phenoxy) is 1. The van der Waals surface area contributed by atoms with Gasteiger partial charge in [0, 0.05) is 25.3 Å². The maximum absolute atomic E-state index is 13.6. The highest BCUT2D eigenvalue weighted by atomic mass is 16.6. The summed E-state index contributed by atoms with van der Waals surface area (Å²) < 4.78 is 10.1. The molecular weight excluding hydrogens is 438 g/mol. The lowest BCUT2D eigenvalue weighted by Gasteiger charge is -2.16. The van der Waals surface area contributed by atoms with Crippen LogP contribution in [0.3, 0.4) is 0 Å². The second-order valence-corrected chi connectivity index (χ2v) is 8.42. The molecule has 4 aromatic rings. The van der Waals surface area contributed by atoms with Crippen molar-refractivity contribution >= 4 is 16.9 Å². The first-order chi connectivity index (χ1) is 16.4. The van der Waals surface area contributed by atoms with Crippen molar-refractivity contribution in [2.75, 3.05) is 6.61 Å². The number of non-ortho nitro benzene ring substituents is 1. The van der Waals surface area contributed by atoms with Crippen LogP contribution in [0, 0.1) is 17.0 Å². The third kappa shape index (κ3) is 3.81. The first-order valence-corrected chi connectivity index (χ1v) is 11.1. The van der Waals surface area contributed by atoms with E-state index in [9.17, 15) is 19.7 Å². The van der Waals surface area contributed by atoms with Crippen LogP contribution in [0.1, 0.15) is 24.0 Å². The van der Waals surface area contributed by atoms with E-state index in [2.05, 4.69) is 4.98 Å². The number of rotatable bonds is 6. The Morgan fingerprint density at radius 3 is 2.59 bits per heavy atom. The van der Waals surface area contributed by atoms with E-state index < -0.39 is 16.2 Å². The van der Waals surface area contributed by atoms with Gasteiger partial charge in [0.25, 0.3) is 11.2 Å². The largest absolute Gasteiger partial charge is 0.376 e. The summed E-state index contributed by atoms with van der Waals surface area (Å²) >= 11 is 0. The number of nitrogens with zero attached hydrogens (tertiary/aromatic N) is 5. The van der Waals surface area contributed by atoms with Crippen LogP contribution in [0.15, 0.2) is 64.4 Å². The molecule has 0 bridgehead atoms. The predicted octanol–water partition coefficient (Wildman–Crippen LogP) is 2.79. The number of benzene rings is 2. The topological polar surface area (TPSA) is 114 Å². The standard InChI is InChI=1S/C24H23N5O5/c1-16-5-2-3-7-20(16)28-22-21(23(30)27(24(28)31)14-19-6-4-12-34-19)26(15-25-22)13-17-8-10-18(11-9-17)29(32)33/h2-3,5,7-11,15,19H,4,6,12-14H2,1H3. The summed E-state index contributed by atoms with van der Waals surface area (Å²) in [6.45, 7) is 2.96. The molecule has 174 valence electrons. The molecule has 1 saturated heterocycles. The molecule has 1 aliphatic rings. The van der Waals surface area contributed by atoms with Gasteiger partial charge in [0.15, 0.2) is 11.2 Å². The van der Waals surface area contributed by atoms with E-state index >= 15 is 0 Å². The molecule has 0 spiro atoms. The summed E-state index contributed by atoms with van der Waals surface area (Å²) in [5, 5.41) is 11.0. The molecule has 34 heavy (non-hydrogen) atoms. The van der Waals surface area contributed by atoms with Crippen LogP contribution in [0.2, 0.25) is 0 Å². The zero-order valence-electron chi connectivity index (χ0n) is 18.6. The highest BCUT2D eigenvalue weighted by Crippen LogP contribution is 2.19. The van der Waals surface area contributed by atoms with Gasteiger partial charge >= 0.3 is 5.69 Å². The Hall–Kier alpha value is -4.05. The molecule has 2 aromatic carbocycles. The summed E-state index contributed by atoms with van der Waals surface area (Å²) in [5.74, 6) is 0. The molecule has 10 nitrogen and oxygen atoms in total. The fourth-order valence-electron chi connectivity index (χ4n) is 4.40. The van der Waals surface area contributed by atoms with E-state index in [0.29, 0.717) is 17.8 Å². The van der Waals surface area contributed by atoms with Crippen LogP contribution in [0.5, 0.6) is 0 Å². The average Bonchev–Trinajstić information content (AvgIpc) is 3.49. The zero-order valence-corrected chi connectivity index (χ0v) is 18.6. The van der Waals surface area contributed by atoms with Crippen molar-refractivity contribution in [3.05, 3.63) is 96.9 Å². The minimum absolute atomic E-state index is 0.00782. The summed E-state index contributed by atoms with van der Waals surface area (Å²) in [7, 11) is 0. The van der Waals surface area contributed by atoms with Gasteiger partial charge < -0.3 is 9.30 Å². The third-order valence-electron chi connectivity index (χ3n) is 6.17. The highest BCUT2D eigenvalue weighted by molar-refractivity contribution is 5.73. The average molecular weight is 461 g/mol. The number of hydrogen-bond donors (Lipinski definition) is 0. The van der Waals surface area contributed by atoms with Crippen LogP contribution >= 0.6 is 0 Å². The normalized spacial score (nSPS) is 15.7. The maximum Gasteiger partial charge on any atom is 0.337 e. The van der Waals surface area contributed by atoms with Crippen molar-refractivity contribution in [2.24, 2.45) is 0 Å². The van der Waals surface area contributed by atoms with Gasteiger partial charge in [-0.3, -0.25) is 19.5 Å². The van der Waals surface area contributed by atoms with Gasteiger partial charge in [-0.1, -0.05) is 30.3 Å². The van der Waals surface area contributed by atoms with Crippen molar-refractivity contribution in [1.82, 2.24) is 18.7 Å². The fraction of sp³-hybridized carbons (Fsp3) is 0.292. The Balaban J connectivity index is 1.69. The Morgan fingerprint density at radius 1 is 1.15 bits per heavy atom. The molecule has 5 rings (SSSR count). The van der Waals surface area contributed by atoms with Crippen molar-refractivity contribution in [3.63, 3.8) is 0 Å². The van der Waals surface area contributed by atoms with Gasteiger partial charge in [0.2, 0.25) is 0 Å². The maximum atomic E-state index is 13.6. The number of para-hydroxylation sites is 1. The van der Waals surface area contributed by atoms with E-state index in [-0.39, 0.29) is 30.5 Å². The van der Waals surface area contributed by atoms with Crippen LogP contribution in [-0.4, -0.2) is 36.3 Å². The van der Waals surface area contributed by atoms with Crippen LogP contribution < -0.4 is 11.2 Å². The summed E-state index contributed by atoms with van der Waals surface area (Å²) in [5.41, 5.74) is 1.96. The number of nitro benzene ring substituents is 1. The predicted molar refractivity (Wildman–Crippen MR) is 125 cm³/mol. The molecule has 1 atom stereocenters. The molecule has 2 aromatic heterocycles. The minimum atomic E-state index is -0.457. The van der Waals surface area contributed by atoms with Gasteiger partial charge in [-0.25, -0.2) is 14.3 Å². The zero-order chi connectivity index (χ0) is 23.8. The number of hydrogen-bond acceptors (Lipinski definition) is 6. The first kappa shape index (κ1) is 21.8. The molecule has 3 heterocycles. The summed E-state index contributed by atoms with van der Waals surface area (Å²) in [6, 6.07) is 13.6. The molecular formula is C24H23N5O5. The van der Waals surface area contributed by atoms with E-state index in [1.54, 1.807) is 16.7 Å². The van der Waals surface area contributed by atoms with Crippen LogP contribution in [-0.2, 0) is 17.8 Å². The summed E-state index contributed by atoms with van der Waals surface area (Å²) in [6.07, 6.45) is 3.01. The Morgan fingerprint density at radius 2 is 1.91 bits per heavy atom. The quantitative estimate of drug-likeness (QED) is 0.322. The summed E-state index contributed by atoms with van der Waals surface area (Å²) in [4.78, 5) is 42.1. The molecule has 0 radical (unpaired) electrons. The highest BCUT2D eigenvalue weighted by Gasteiger charge is 2.24. The molecule has 0 N–H and O–H groups in total. The van der Waals surface area contributed by atoms with Crippen molar-refractivity contribution in [3.8, 4) is 5.69 Å². The number of aromatic nitrogens is 4. The van der Waals surface area contributed by atoms with Gasteiger partial charge in [-0.15, -0.1) is 0 Å². The van der Waals surface area contributed by atoms with Gasteiger partial charge in [0.1, 0.15) is 0 Å². The van der Waals surface area contributed by atoms with Crippen molar-refractivity contribution in [2.45, 2.75) is 39.0 Å². The number of fused-ring (bicyclic) bond motifs is 1. The molecule has 1 fully saturated rings. The second kappa shape index (κ2) is 8.71. The molecule has 1 aliphatic heterocycles. The smallest absolute Gasteiger partial charge is 0.337 e. The fourth-order valence-corrected chi connectivity index (χ4v) is 4.40. The molecule has 1 unspecified atom stereocenters. The molecule has 10 heteroatoms. The molecule has 0 saturated carbocycles. The van der Waals surface area contributed by atoms with E-state index in [1.807, 2.05) is 31.2 Å². The van der Waals surface area contributed by atoms with Gasteiger partial charge in [0.05, 0.1) is 29.6 Å². The Labute approximate surface area is 193 Å². The lowest BCUT2D eigenvalue weighted by molar-refractivity contribution is -0.384.